The van der Waals surface area contributed by atoms with Gasteiger partial charge in [-0.3, -0.25) is 0 Å². The molecule has 0 spiro atoms. The third kappa shape index (κ3) is 1.42. The van der Waals surface area contributed by atoms with Crippen LogP contribution in [0.1, 0.15) is 26.6 Å². The van der Waals surface area contributed by atoms with E-state index in [0.29, 0.717) is 0 Å². The lowest BCUT2D eigenvalue weighted by Gasteiger charge is -2.17. The van der Waals surface area contributed by atoms with Gasteiger partial charge in [-0.2, -0.15) is 4.39 Å². The number of halogens is 1. The first-order valence-electron chi connectivity index (χ1n) is 3.60. The van der Waals surface area contributed by atoms with Crippen molar-refractivity contribution in [3.05, 3.63) is 18.0 Å². The lowest BCUT2D eigenvalue weighted by molar-refractivity contribution is 0.473. The minimum atomic E-state index is -0.282. The van der Waals surface area contributed by atoms with Crippen LogP contribution in [0.4, 0.5) is 4.39 Å². The number of hydrogen-bond acceptors (Lipinski definition) is 1. The van der Waals surface area contributed by atoms with Gasteiger partial charge >= 0.3 is 0 Å². The van der Waals surface area contributed by atoms with Crippen LogP contribution in [0.3, 0.4) is 0 Å². The average Bonchev–Trinajstić information content (AvgIpc) is 2.11. The summed E-state index contributed by atoms with van der Waals surface area (Å²) in [6.45, 7) is 6.03. The molecular formula is C8H13FN2. The molecule has 1 aromatic rings. The molecule has 0 unspecified atom stereocenters. The molecule has 2 nitrogen and oxygen atoms in total. The molecule has 0 aromatic carbocycles. The first kappa shape index (κ1) is 8.24. The molecule has 1 rings (SSSR count). The lowest BCUT2D eigenvalue weighted by atomic mass is 9.96. The van der Waals surface area contributed by atoms with Crippen LogP contribution in [0.15, 0.2) is 6.20 Å². The van der Waals surface area contributed by atoms with Gasteiger partial charge in [-0.15, -0.1) is 0 Å². The van der Waals surface area contributed by atoms with Crippen molar-refractivity contribution in [2.75, 3.05) is 0 Å². The van der Waals surface area contributed by atoms with Gasteiger partial charge < -0.3 is 4.57 Å². The third-order valence-electron chi connectivity index (χ3n) is 1.60. The number of rotatable bonds is 0. The van der Waals surface area contributed by atoms with E-state index in [9.17, 15) is 4.39 Å². The Kier molecular flexibility index (Phi) is 1.74. The zero-order valence-corrected chi connectivity index (χ0v) is 7.35. The summed E-state index contributed by atoms with van der Waals surface area (Å²) in [5, 5.41) is 0. The Morgan fingerprint density at radius 1 is 1.45 bits per heavy atom. The molecule has 3 heteroatoms. The highest BCUT2D eigenvalue weighted by atomic mass is 19.1. The molecule has 62 valence electrons. The molecule has 0 N–H and O–H groups in total. The summed E-state index contributed by atoms with van der Waals surface area (Å²) in [6.07, 6.45) is 1.25. The predicted molar refractivity (Wildman–Crippen MR) is 41.9 cm³/mol. The maximum Gasteiger partial charge on any atom is 0.213 e. The summed E-state index contributed by atoms with van der Waals surface area (Å²) in [5.41, 5.74) is -0.0842. The van der Waals surface area contributed by atoms with Crippen LogP contribution in [0.2, 0.25) is 0 Å². The van der Waals surface area contributed by atoms with Gasteiger partial charge in [-0.1, -0.05) is 20.8 Å². The fourth-order valence-electron chi connectivity index (χ4n) is 1.09. The van der Waals surface area contributed by atoms with Crippen molar-refractivity contribution in [2.45, 2.75) is 26.2 Å². The summed E-state index contributed by atoms with van der Waals surface area (Å²) < 4.78 is 14.2. The second-order valence-electron chi connectivity index (χ2n) is 3.71. The van der Waals surface area contributed by atoms with Gasteiger partial charge in [0.25, 0.3) is 0 Å². The fraction of sp³-hybridized carbons (Fsp3) is 0.625. The summed E-state index contributed by atoms with van der Waals surface area (Å²) in [6, 6.07) is 0. The molecule has 0 atom stereocenters. The van der Waals surface area contributed by atoms with Gasteiger partial charge in [-0.25, -0.2) is 4.98 Å². The Morgan fingerprint density at radius 3 is 2.18 bits per heavy atom. The minimum absolute atomic E-state index is 0.0842. The Morgan fingerprint density at radius 2 is 2.00 bits per heavy atom. The van der Waals surface area contributed by atoms with E-state index in [1.54, 1.807) is 7.05 Å². The van der Waals surface area contributed by atoms with Gasteiger partial charge in [0.2, 0.25) is 5.95 Å². The largest absolute Gasteiger partial charge is 0.308 e. The van der Waals surface area contributed by atoms with E-state index in [0.717, 1.165) is 5.82 Å². The number of hydrogen-bond donors (Lipinski definition) is 0. The summed E-state index contributed by atoms with van der Waals surface area (Å²) in [7, 11) is 1.68. The van der Waals surface area contributed by atoms with Crippen molar-refractivity contribution < 1.29 is 4.39 Å². The zero-order valence-electron chi connectivity index (χ0n) is 7.35. The molecule has 0 aliphatic carbocycles. The smallest absolute Gasteiger partial charge is 0.213 e. The standard InChI is InChI=1S/C8H13FN2/c1-8(2,3)7-10-5-6(9)11(7)4/h5H,1-4H3. The van der Waals surface area contributed by atoms with Gasteiger partial charge in [0, 0.05) is 12.5 Å². The highest BCUT2D eigenvalue weighted by molar-refractivity contribution is 5.04. The van der Waals surface area contributed by atoms with Gasteiger partial charge in [0.15, 0.2) is 0 Å². The topological polar surface area (TPSA) is 17.8 Å². The molecule has 0 saturated heterocycles. The number of imidazole rings is 1. The van der Waals surface area contributed by atoms with Crippen LogP contribution >= 0.6 is 0 Å². The molecule has 0 fully saturated rings. The molecular weight excluding hydrogens is 143 g/mol. The fourth-order valence-corrected chi connectivity index (χ4v) is 1.09. The van der Waals surface area contributed by atoms with Gasteiger partial charge in [0.1, 0.15) is 5.82 Å². The van der Waals surface area contributed by atoms with Crippen molar-refractivity contribution >= 4 is 0 Å². The number of nitrogens with zero attached hydrogens (tertiary/aromatic N) is 2. The lowest BCUT2D eigenvalue weighted by Crippen LogP contribution is -2.17. The molecule has 11 heavy (non-hydrogen) atoms. The van der Waals surface area contributed by atoms with Crippen molar-refractivity contribution in [3.63, 3.8) is 0 Å². The third-order valence-corrected chi connectivity index (χ3v) is 1.60. The predicted octanol–water partition coefficient (Wildman–Crippen LogP) is 1.86. The molecule has 0 bridgehead atoms. The normalized spacial score (nSPS) is 12.1. The highest BCUT2D eigenvalue weighted by Crippen LogP contribution is 2.20. The van der Waals surface area contributed by atoms with Crippen molar-refractivity contribution in [1.29, 1.82) is 0 Å². The maximum absolute atomic E-state index is 12.8. The Labute approximate surface area is 66.1 Å². The van der Waals surface area contributed by atoms with Crippen LogP contribution in [-0.2, 0) is 12.5 Å². The second-order valence-corrected chi connectivity index (χ2v) is 3.71. The molecule has 0 amide bonds. The van der Waals surface area contributed by atoms with Crippen LogP contribution in [0, 0.1) is 5.95 Å². The Hall–Kier alpha value is -0.860. The molecule has 1 aromatic heterocycles. The quantitative estimate of drug-likeness (QED) is 0.560. The maximum atomic E-state index is 12.8. The molecule has 0 radical (unpaired) electrons. The summed E-state index contributed by atoms with van der Waals surface area (Å²) in [4.78, 5) is 3.97. The van der Waals surface area contributed by atoms with E-state index < -0.39 is 0 Å². The summed E-state index contributed by atoms with van der Waals surface area (Å²) >= 11 is 0. The molecule has 0 saturated carbocycles. The van der Waals surface area contributed by atoms with E-state index in [2.05, 4.69) is 4.98 Å². The average molecular weight is 156 g/mol. The Bertz CT molecular complexity index is 258. The van der Waals surface area contributed by atoms with Crippen molar-refractivity contribution in [3.8, 4) is 0 Å². The van der Waals surface area contributed by atoms with Crippen LogP contribution in [0.5, 0.6) is 0 Å². The van der Waals surface area contributed by atoms with Crippen LogP contribution in [0.25, 0.3) is 0 Å². The Balaban J connectivity index is 3.15. The minimum Gasteiger partial charge on any atom is -0.308 e. The van der Waals surface area contributed by atoms with Crippen LogP contribution < -0.4 is 0 Å². The first-order valence-corrected chi connectivity index (χ1v) is 3.60. The van der Waals surface area contributed by atoms with E-state index in [1.165, 1.54) is 10.8 Å². The van der Waals surface area contributed by atoms with Gasteiger partial charge in [0.05, 0.1) is 6.20 Å². The monoisotopic (exact) mass is 156 g/mol. The highest BCUT2D eigenvalue weighted by Gasteiger charge is 2.20. The SMILES string of the molecule is Cn1c(F)cnc1C(C)(C)C. The van der Waals surface area contributed by atoms with Crippen molar-refractivity contribution in [2.24, 2.45) is 7.05 Å². The van der Waals surface area contributed by atoms with Crippen LogP contribution in [-0.4, -0.2) is 9.55 Å². The van der Waals surface area contributed by atoms with E-state index in [4.69, 9.17) is 0 Å². The molecule has 1 heterocycles. The van der Waals surface area contributed by atoms with Gasteiger partial charge in [-0.05, 0) is 0 Å². The van der Waals surface area contributed by atoms with E-state index in [1.807, 2.05) is 20.8 Å². The molecule has 0 aliphatic rings. The van der Waals surface area contributed by atoms with Crippen molar-refractivity contribution in [1.82, 2.24) is 9.55 Å². The number of aromatic nitrogens is 2. The van der Waals surface area contributed by atoms with E-state index >= 15 is 0 Å². The zero-order chi connectivity index (χ0) is 8.65. The molecule has 0 aliphatic heterocycles. The first-order chi connectivity index (χ1) is 4.93. The van der Waals surface area contributed by atoms with E-state index in [-0.39, 0.29) is 11.4 Å². The second kappa shape index (κ2) is 2.32. The summed E-state index contributed by atoms with van der Waals surface area (Å²) in [5.74, 6) is 0.491.